The van der Waals surface area contributed by atoms with Gasteiger partial charge in [0.1, 0.15) is 0 Å². The maximum Gasteiger partial charge on any atom is 0.0766 e. The van der Waals surface area contributed by atoms with Crippen LogP contribution in [0.3, 0.4) is 0 Å². The van der Waals surface area contributed by atoms with Crippen molar-refractivity contribution in [1.29, 1.82) is 0 Å². The molecule has 0 N–H and O–H groups in total. The van der Waals surface area contributed by atoms with Crippen LogP contribution in [-0.4, -0.2) is 25.0 Å². The molecule has 116 valence electrons. The first-order valence-corrected chi connectivity index (χ1v) is 7.97. The van der Waals surface area contributed by atoms with Gasteiger partial charge < -0.3 is 4.74 Å². The minimum absolute atomic E-state index is 0.113. The Morgan fingerprint density at radius 2 is 1.45 bits per heavy atom. The number of benzene rings is 2. The maximum absolute atomic E-state index is 5.53. The summed E-state index contributed by atoms with van der Waals surface area (Å²) >= 11 is 0. The van der Waals surface area contributed by atoms with Crippen molar-refractivity contribution in [2.24, 2.45) is 4.99 Å². The summed E-state index contributed by atoms with van der Waals surface area (Å²) < 4.78 is 5.53. The van der Waals surface area contributed by atoms with Gasteiger partial charge in [0.25, 0.3) is 0 Å². The zero-order chi connectivity index (χ0) is 15.8. The molecule has 2 rings (SSSR count). The van der Waals surface area contributed by atoms with Gasteiger partial charge >= 0.3 is 0 Å². The van der Waals surface area contributed by atoms with Crippen LogP contribution < -0.4 is 0 Å². The third kappa shape index (κ3) is 4.28. The molecule has 2 heteroatoms. The number of ether oxygens (including phenoxy) is 1. The summed E-state index contributed by atoms with van der Waals surface area (Å²) in [6.07, 6.45) is 2.24. The van der Waals surface area contributed by atoms with E-state index in [2.05, 4.69) is 62.4 Å². The molecule has 0 radical (unpaired) electrons. The lowest BCUT2D eigenvalue weighted by Crippen LogP contribution is -2.25. The number of aliphatic imine (C=N–C) groups is 1. The standard InChI is InChI=1S/C20H25NO/c1-4-11-19(16(2)22-3)21-20(17-12-7-5-8-13-17)18-14-9-6-10-15-18/h5-10,12-16,19H,4,11H2,1-3H3/t16-,19-/m0/s1. The minimum atomic E-state index is 0.113. The van der Waals surface area contributed by atoms with E-state index in [1.54, 1.807) is 7.11 Å². The minimum Gasteiger partial charge on any atom is -0.380 e. The van der Waals surface area contributed by atoms with Gasteiger partial charge in [-0.25, -0.2) is 0 Å². The molecule has 0 bridgehead atoms. The van der Waals surface area contributed by atoms with Gasteiger partial charge in [-0.1, -0.05) is 74.0 Å². The third-order valence-corrected chi connectivity index (χ3v) is 3.89. The first-order chi connectivity index (χ1) is 10.8. The molecule has 0 saturated carbocycles. The van der Waals surface area contributed by atoms with Gasteiger partial charge in [0.05, 0.1) is 17.9 Å². The second-order valence-electron chi connectivity index (χ2n) is 5.51. The Kier molecular flexibility index (Phi) is 6.35. The Morgan fingerprint density at radius 1 is 0.955 bits per heavy atom. The summed E-state index contributed by atoms with van der Waals surface area (Å²) in [5.41, 5.74) is 3.35. The lowest BCUT2D eigenvalue weighted by molar-refractivity contribution is 0.0935. The van der Waals surface area contributed by atoms with E-state index in [-0.39, 0.29) is 12.1 Å². The summed E-state index contributed by atoms with van der Waals surface area (Å²) in [6.45, 7) is 4.28. The normalized spacial score (nSPS) is 13.4. The number of nitrogens with zero attached hydrogens (tertiary/aromatic N) is 1. The van der Waals surface area contributed by atoms with Gasteiger partial charge in [0.2, 0.25) is 0 Å². The highest BCUT2D eigenvalue weighted by molar-refractivity contribution is 6.12. The predicted molar refractivity (Wildman–Crippen MR) is 93.7 cm³/mol. The predicted octanol–water partition coefficient (Wildman–Crippen LogP) is 4.73. The van der Waals surface area contributed by atoms with E-state index < -0.39 is 0 Å². The van der Waals surface area contributed by atoms with Crippen molar-refractivity contribution in [1.82, 2.24) is 0 Å². The zero-order valence-electron chi connectivity index (χ0n) is 13.7. The Labute approximate surface area is 133 Å². The van der Waals surface area contributed by atoms with Crippen molar-refractivity contribution in [3.63, 3.8) is 0 Å². The first kappa shape index (κ1) is 16.4. The van der Waals surface area contributed by atoms with E-state index >= 15 is 0 Å². The van der Waals surface area contributed by atoms with Gasteiger partial charge in [0.15, 0.2) is 0 Å². The van der Waals surface area contributed by atoms with E-state index in [0.717, 1.165) is 29.7 Å². The molecular formula is C20H25NO. The molecule has 0 aliphatic carbocycles. The molecule has 2 aromatic carbocycles. The average Bonchev–Trinajstić information content (AvgIpc) is 2.59. The van der Waals surface area contributed by atoms with Crippen molar-refractivity contribution >= 4 is 5.71 Å². The molecule has 0 saturated heterocycles. The van der Waals surface area contributed by atoms with E-state index in [1.807, 2.05) is 12.1 Å². The van der Waals surface area contributed by atoms with E-state index in [4.69, 9.17) is 9.73 Å². The number of methoxy groups -OCH3 is 1. The van der Waals surface area contributed by atoms with Crippen LogP contribution in [0.5, 0.6) is 0 Å². The molecule has 2 atom stereocenters. The molecule has 0 aliphatic rings. The smallest absolute Gasteiger partial charge is 0.0766 e. The fraction of sp³-hybridized carbons (Fsp3) is 0.350. The topological polar surface area (TPSA) is 21.6 Å². The summed E-state index contributed by atoms with van der Waals surface area (Å²) in [5, 5.41) is 0. The van der Waals surface area contributed by atoms with Crippen LogP contribution in [0, 0.1) is 0 Å². The fourth-order valence-electron chi connectivity index (χ4n) is 2.53. The van der Waals surface area contributed by atoms with Gasteiger partial charge in [-0.3, -0.25) is 4.99 Å². The lowest BCUT2D eigenvalue weighted by atomic mass is 10.0. The van der Waals surface area contributed by atoms with Crippen molar-refractivity contribution in [3.8, 4) is 0 Å². The van der Waals surface area contributed by atoms with Crippen LogP contribution in [0.15, 0.2) is 65.7 Å². The summed E-state index contributed by atoms with van der Waals surface area (Å²) in [5.74, 6) is 0. The molecule has 2 nitrogen and oxygen atoms in total. The quantitative estimate of drug-likeness (QED) is 0.677. The van der Waals surface area contributed by atoms with Crippen LogP contribution in [-0.2, 0) is 4.74 Å². The first-order valence-electron chi connectivity index (χ1n) is 7.97. The highest BCUT2D eigenvalue weighted by atomic mass is 16.5. The maximum atomic E-state index is 5.53. The van der Waals surface area contributed by atoms with Crippen LogP contribution >= 0.6 is 0 Å². The van der Waals surface area contributed by atoms with Gasteiger partial charge in [-0.2, -0.15) is 0 Å². The molecule has 0 spiro atoms. The van der Waals surface area contributed by atoms with Crippen molar-refractivity contribution in [3.05, 3.63) is 71.8 Å². The highest BCUT2D eigenvalue weighted by Gasteiger charge is 2.17. The van der Waals surface area contributed by atoms with E-state index in [1.165, 1.54) is 0 Å². The highest BCUT2D eigenvalue weighted by Crippen LogP contribution is 2.16. The second kappa shape index (κ2) is 8.50. The monoisotopic (exact) mass is 295 g/mol. The molecule has 22 heavy (non-hydrogen) atoms. The van der Waals surface area contributed by atoms with E-state index in [0.29, 0.717) is 0 Å². The van der Waals surface area contributed by atoms with Gasteiger partial charge in [0, 0.05) is 18.2 Å². The van der Waals surface area contributed by atoms with E-state index in [9.17, 15) is 0 Å². The molecular weight excluding hydrogens is 270 g/mol. The summed E-state index contributed by atoms with van der Waals surface area (Å²) in [7, 11) is 1.76. The molecule has 0 amide bonds. The summed E-state index contributed by atoms with van der Waals surface area (Å²) in [6, 6.07) is 20.9. The van der Waals surface area contributed by atoms with Gasteiger partial charge in [-0.05, 0) is 13.3 Å². The van der Waals surface area contributed by atoms with Crippen LogP contribution in [0.25, 0.3) is 0 Å². The van der Waals surface area contributed by atoms with Crippen LogP contribution in [0.1, 0.15) is 37.8 Å². The lowest BCUT2D eigenvalue weighted by Gasteiger charge is -2.20. The summed E-state index contributed by atoms with van der Waals surface area (Å²) in [4.78, 5) is 5.07. The number of hydrogen-bond acceptors (Lipinski definition) is 2. The fourth-order valence-corrected chi connectivity index (χ4v) is 2.53. The Bertz CT molecular complexity index is 536. The molecule has 0 unspecified atom stereocenters. The Balaban J connectivity index is 2.45. The Hall–Kier alpha value is -1.93. The largest absolute Gasteiger partial charge is 0.380 e. The molecule has 0 aliphatic heterocycles. The molecule has 2 aromatic rings. The molecule has 0 aromatic heterocycles. The van der Waals surface area contributed by atoms with Gasteiger partial charge in [-0.15, -0.1) is 0 Å². The average molecular weight is 295 g/mol. The third-order valence-electron chi connectivity index (χ3n) is 3.89. The number of rotatable bonds is 7. The zero-order valence-corrected chi connectivity index (χ0v) is 13.7. The van der Waals surface area contributed by atoms with Crippen LogP contribution in [0.4, 0.5) is 0 Å². The van der Waals surface area contributed by atoms with Crippen molar-refractivity contribution < 1.29 is 4.74 Å². The molecule has 0 heterocycles. The Morgan fingerprint density at radius 3 is 1.86 bits per heavy atom. The van der Waals surface area contributed by atoms with Crippen LogP contribution in [0.2, 0.25) is 0 Å². The number of hydrogen-bond donors (Lipinski definition) is 0. The SMILES string of the molecule is CCC[C@H](N=C(c1ccccc1)c1ccccc1)[C@H](C)OC. The van der Waals surface area contributed by atoms with Crippen molar-refractivity contribution in [2.75, 3.05) is 7.11 Å². The second-order valence-corrected chi connectivity index (χ2v) is 5.51. The van der Waals surface area contributed by atoms with Crippen molar-refractivity contribution in [2.45, 2.75) is 38.8 Å². The molecule has 0 fully saturated rings.